The first-order valence-electron chi connectivity index (χ1n) is 14.6. The third-order valence-corrected chi connectivity index (χ3v) is 10.5. The summed E-state index contributed by atoms with van der Waals surface area (Å²) in [5, 5.41) is 0.735. The highest BCUT2D eigenvalue weighted by Gasteiger charge is 2.41. The molecule has 8 nitrogen and oxygen atoms in total. The van der Waals surface area contributed by atoms with Gasteiger partial charge in [-0.25, -0.2) is 12.8 Å². The molecule has 2 fully saturated rings. The predicted molar refractivity (Wildman–Crippen MR) is 167 cm³/mol. The lowest BCUT2D eigenvalue weighted by atomic mass is 10.1. The van der Waals surface area contributed by atoms with Crippen LogP contribution in [0, 0.1) is 26.6 Å². The van der Waals surface area contributed by atoms with Crippen LogP contribution in [0.1, 0.15) is 16.7 Å². The van der Waals surface area contributed by atoms with Gasteiger partial charge < -0.3 is 14.7 Å². The Morgan fingerprint density at radius 2 is 1.60 bits per heavy atom. The molecule has 3 heterocycles. The Labute approximate surface area is 252 Å². The predicted octanol–water partition coefficient (Wildman–Crippen LogP) is 4.53. The molecule has 1 atom stereocenters. The van der Waals surface area contributed by atoms with Crippen LogP contribution in [0.2, 0.25) is 0 Å². The highest BCUT2D eigenvalue weighted by atomic mass is 32.2. The van der Waals surface area contributed by atoms with Crippen LogP contribution in [-0.2, 0) is 14.8 Å². The number of hydrogen-bond donors (Lipinski definition) is 0. The first-order chi connectivity index (χ1) is 20.6. The molecule has 1 amide bonds. The zero-order valence-electron chi connectivity index (χ0n) is 24.7. The molecule has 43 heavy (non-hydrogen) atoms. The maximum Gasteiger partial charge on any atom is 0.246 e. The smallest absolute Gasteiger partial charge is 0.246 e. The summed E-state index contributed by atoms with van der Waals surface area (Å²) in [6.45, 7) is 8.87. The van der Waals surface area contributed by atoms with Crippen molar-refractivity contribution in [3.63, 3.8) is 0 Å². The van der Waals surface area contributed by atoms with Crippen molar-refractivity contribution in [3.8, 4) is 0 Å². The summed E-state index contributed by atoms with van der Waals surface area (Å²) in [6, 6.07) is 18.9. The third-order valence-electron chi connectivity index (χ3n) is 8.61. The fourth-order valence-corrected chi connectivity index (χ4v) is 7.88. The number of piperazine rings is 2. The van der Waals surface area contributed by atoms with Crippen LogP contribution in [0.3, 0.4) is 0 Å². The number of para-hydroxylation sites is 1. The highest BCUT2D eigenvalue weighted by molar-refractivity contribution is 7.89. The molecule has 2 aliphatic rings. The average molecular weight is 602 g/mol. The van der Waals surface area contributed by atoms with Crippen molar-refractivity contribution in [1.82, 2.24) is 14.2 Å². The van der Waals surface area contributed by atoms with Crippen LogP contribution in [0.4, 0.5) is 15.8 Å². The van der Waals surface area contributed by atoms with Crippen molar-refractivity contribution in [2.24, 2.45) is 0 Å². The number of sulfonamides is 1. The monoisotopic (exact) mass is 601 g/mol. The van der Waals surface area contributed by atoms with Crippen molar-refractivity contribution >= 4 is 38.2 Å². The third kappa shape index (κ3) is 5.57. The molecule has 10 heteroatoms. The second kappa shape index (κ2) is 11.6. The molecule has 0 aliphatic carbocycles. The molecule has 2 saturated heterocycles. The summed E-state index contributed by atoms with van der Waals surface area (Å²) in [5.74, 6) is -0.475. The summed E-state index contributed by atoms with van der Waals surface area (Å²) in [6.07, 6.45) is 1.58. The van der Waals surface area contributed by atoms with Gasteiger partial charge in [0.15, 0.2) is 0 Å². The Balaban J connectivity index is 1.29. The molecule has 0 saturated carbocycles. The molecular weight excluding hydrogens is 565 g/mol. The highest BCUT2D eigenvalue weighted by Crippen LogP contribution is 2.31. The number of carbonyl (C=O) groups is 1. The van der Waals surface area contributed by atoms with E-state index in [9.17, 15) is 17.6 Å². The van der Waals surface area contributed by atoms with E-state index in [0.717, 1.165) is 11.1 Å². The number of anilines is 2. The van der Waals surface area contributed by atoms with E-state index in [2.05, 4.69) is 41.9 Å². The minimum Gasteiger partial charge on any atom is -0.368 e. The number of hydrogen-bond acceptors (Lipinski definition) is 6. The van der Waals surface area contributed by atoms with Gasteiger partial charge in [0.05, 0.1) is 5.52 Å². The molecule has 3 aromatic carbocycles. The Hall–Kier alpha value is -4.02. The second-order valence-corrected chi connectivity index (χ2v) is 13.3. The van der Waals surface area contributed by atoms with Gasteiger partial charge in [0.1, 0.15) is 16.8 Å². The maximum absolute atomic E-state index is 14.3. The first-order valence-corrected chi connectivity index (χ1v) is 16.0. The number of aryl methyl sites for hydroxylation is 3. The standard InChI is InChI=1S/C33H36FN5O3S/c1-23-9-10-24(2)29(20-23)36-14-16-37(17-15-36)33(40)30-22-38(18-19-39(30)28-12-11-27(34)21-25(28)3)43(41,42)31-8-4-6-26-7-5-13-35-32(26)31/h4-13,20-21,30H,14-19,22H2,1-3H3. The van der Waals surface area contributed by atoms with Crippen molar-refractivity contribution in [2.45, 2.75) is 31.7 Å². The Morgan fingerprint density at radius 3 is 2.37 bits per heavy atom. The van der Waals surface area contributed by atoms with Crippen LogP contribution in [0.5, 0.6) is 0 Å². The van der Waals surface area contributed by atoms with Crippen LogP contribution in [0.25, 0.3) is 10.9 Å². The minimum atomic E-state index is -3.96. The number of rotatable bonds is 5. The zero-order valence-corrected chi connectivity index (χ0v) is 25.5. The Kier molecular flexibility index (Phi) is 7.83. The lowest BCUT2D eigenvalue weighted by Crippen LogP contribution is -2.62. The van der Waals surface area contributed by atoms with E-state index in [1.165, 1.54) is 33.3 Å². The molecule has 4 aromatic rings. The average Bonchev–Trinajstić information content (AvgIpc) is 3.01. The van der Waals surface area contributed by atoms with Crippen molar-refractivity contribution in [1.29, 1.82) is 0 Å². The molecule has 0 bridgehead atoms. The van der Waals surface area contributed by atoms with Crippen LogP contribution < -0.4 is 9.80 Å². The fraction of sp³-hybridized carbons (Fsp3) is 0.333. The molecule has 1 unspecified atom stereocenters. The Bertz CT molecular complexity index is 1780. The summed E-state index contributed by atoms with van der Waals surface area (Å²) in [5.41, 5.74) is 5.40. The van der Waals surface area contributed by atoms with E-state index < -0.39 is 16.1 Å². The van der Waals surface area contributed by atoms with E-state index in [1.807, 2.05) is 28.9 Å². The number of nitrogens with zero attached hydrogens (tertiary/aromatic N) is 5. The van der Waals surface area contributed by atoms with E-state index in [-0.39, 0.29) is 29.7 Å². The van der Waals surface area contributed by atoms with Gasteiger partial charge in [-0.15, -0.1) is 0 Å². The largest absolute Gasteiger partial charge is 0.368 e. The number of benzene rings is 3. The molecule has 1 aromatic heterocycles. The fourth-order valence-electron chi connectivity index (χ4n) is 6.28. The van der Waals surface area contributed by atoms with Gasteiger partial charge >= 0.3 is 0 Å². The quantitative estimate of drug-likeness (QED) is 0.335. The number of halogens is 1. The number of pyridine rings is 1. The summed E-state index contributed by atoms with van der Waals surface area (Å²) < 4.78 is 43.5. The van der Waals surface area contributed by atoms with Gasteiger partial charge in [0.2, 0.25) is 15.9 Å². The number of carbonyl (C=O) groups excluding carboxylic acids is 1. The zero-order chi connectivity index (χ0) is 30.3. The normalized spacial score (nSPS) is 18.3. The number of aromatic nitrogens is 1. The second-order valence-electron chi connectivity index (χ2n) is 11.4. The molecule has 224 valence electrons. The van der Waals surface area contributed by atoms with Gasteiger partial charge in [-0.1, -0.05) is 30.3 Å². The maximum atomic E-state index is 14.3. The molecular formula is C33H36FN5O3S. The van der Waals surface area contributed by atoms with Crippen LogP contribution >= 0.6 is 0 Å². The summed E-state index contributed by atoms with van der Waals surface area (Å²) in [7, 11) is -3.96. The molecule has 0 radical (unpaired) electrons. The lowest BCUT2D eigenvalue weighted by Gasteiger charge is -2.45. The SMILES string of the molecule is Cc1ccc(C)c(N2CCN(C(=O)C3CN(S(=O)(=O)c4cccc5cccnc45)CCN3c3ccc(F)cc3C)CC2)c1. The van der Waals surface area contributed by atoms with Gasteiger partial charge in [0.25, 0.3) is 0 Å². The lowest BCUT2D eigenvalue weighted by molar-refractivity contribution is -0.133. The topological polar surface area (TPSA) is 77.1 Å². The van der Waals surface area contributed by atoms with E-state index >= 15 is 0 Å². The first kappa shape index (κ1) is 29.1. The van der Waals surface area contributed by atoms with Crippen molar-refractivity contribution in [3.05, 3.63) is 95.4 Å². The molecule has 0 N–H and O–H groups in total. The number of amides is 1. The van der Waals surface area contributed by atoms with Gasteiger partial charge in [0, 0.05) is 68.8 Å². The van der Waals surface area contributed by atoms with Crippen molar-refractivity contribution < 1.29 is 17.6 Å². The molecule has 6 rings (SSSR count). The summed E-state index contributed by atoms with van der Waals surface area (Å²) in [4.78, 5) is 24.8. The van der Waals surface area contributed by atoms with Gasteiger partial charge in [-0.3, -0.25) is 9.78 Å². The Morgan fingerprint density at radius 1 is 0.837 bits per heavy atom. The van der Waals surface area contributed by atoms with Gasteiger partial charge in [-0.05, 0) is 73.9 Å². The van der Waals surface area contributed by atoms with Crippen molar-refractivity contribution in [2.75, 3.05) is 55.6 Å². The van der Waals surface area contributed by atoms with Gasteiger partial charge in [-0.2, -0.15) is 4.31 Å². The van der Waals surface area contributed by atoms with E-state index in [4.69, 9.17) is 0 Å². The molecule has 0 spiro atoms. The van der Waals surface area contributed by atoms with Crippen LogP contribution in [0.15, 0.2) is 77.8 Å². The number of fused-ring (bicyclic) bond motifs is 1. The minimum absolute atomic E-state index is 0.0155. The van der Waals surface area contributed by atoms with E-state index in [0.29, 0.717) is 43.8 Å². The summed E-state index contributed by atoms with van der Waals surface area (Å²) >= 11 is 0. The van der Waals surface area contributed by atoms with Crippen LogP contribution in [-0.4, -0.2) is 80.4 Å². The molecule has 2 aliphatic heterocycles. The van der Waals surface area contributed by atoms with E-state index in [1.54, 1.807) is 30.5 Å².